The number of ether oxygens (including phenoxy) is 1. The number of aryl methyl sites for hydroxylation is 1. The van der Waals surface area contributed by atoms with Crippen molar-refractivity contribution >= 4 is 9.84 Å². The molecule has 0 amide bonds. The van der Waals surface area contributed by atoms with Crippen molar-refractivity contribution in [2.24, 2.45) is 0 Å². The first-order valence-electron chi connectivity index (χ1n) is 6.44. The molecule has 0 aliphatic heterocycles. The molecular formula is C16H15NO3S. The molecule has 2 rings (SSSR count). The van der Waals surface area contributed by atoms with E-state index in [0.717, 1.165) is 5.56 Å². The van der Waals surface area contributed by atoms with Gasteiger partial charge in [0.2, 0.25) is 0 Å². The summed E-state index contributed by atoms with van der Waals surface area (Å²) in [6, 6.07) is 15.5. The molecule has 0 saturated heterocycles. The van der Waals surface area contributed by atoms with Gasteiger partial charge in [-0.05, 0) is 31.2 Å². The van der Waals surface area contributed by atoms with E-state index >= 15 is 0 Å². The van der Waals surface area contributed by atoms with Crippen LogP contribution in [0.5, 0.6) is 5.75 Å². The van der Waals surface area contributed by atoms with Crippen LogP contribution in [0.3, 0.4) is 0 Å². The third-order valence-electron chi connectivity index (χ3n) is 3.00. The van der Waals surface area contributed by atoms with E-state index in [0.29, 0.717) is 11.3 Å². The maximum atomic E-state index is 12.1. The first-order chi connectivity index (χ1) is 10.0. The number of benzene rings is 2. The van der Waals surface area contributed by atoms with Crippen LogP contribution < -0.4 is 4.74 Å². The van der Waals surface area contributed by atoms with E-state index in [4.69, 9.17) is 10.00 Å². The van der Waals surface area contributed by atoms with Crippen molar-refractivity contribution in [1.29, 1.82) is 5.26 Å². The Kier molecular flexibility index (Phi) is 4.61. The quantitative estimate of drug-likeness (QED) is 0.851. The Morgan fingerprint density at radius 1 is 1.10 bits per heavy atom. The molecule has 0 fully saturated rings. The lowest BCUT2D eigenvalue weighted by Gasteiger charge is -2.08. The SMILES string of the molecule is Cc1ccc(S(=O)(=O)CCOc2ccccc2C#N)cc1. The highest BCUT2D eigenvalue weighted by molar-refractivity contribution is 7.91. The summed E-state index contributed by atoms with van der Waals surface area (Å²) < 4.78 is 29.7. The Morgan fingerprint density at radius 2 is 1.76 bits per heavy atom. The van der Waals surface area contributed by atoms with Crippen molar-refractivity contribution in [2.45, 2.75) is 11.8 Å². The summed E-state index contributed by atoms with van der Waals surface area (Å²) >= 11 is 0. The van der Waals surface area contributed by atoms with Crippen molar-refractivity contribution < 1.29 is 13.2 Å². The third-order valence-corrected chi connectivity index (χ3v) is 4.69. The summed E-state index contributed by atoms with van der Waals surface area (Å²) in [5, 5.41) is 8.93. The van der Waals surface area contributed by atoms with E-state index in [-0.39, 0.29) is 17.3 Å². The lowest BCUT2D eigenvalue weighted by molar-refractivity contribution is 0.340. The number of para-hydroxylation sites is 1. The minimum absolute atomic E-state index is 0.00883. The number of hydrogen-bond donors (Lipinski definition) is 0. The average molecular weight is 301 g/mol. The predicted molar refractivity (Wildman–Crippen MR) is 79.9 cm³/mol. The molecule has 0 N–H and O–H groups in total. The standard InChI is InChI=1S/C16H15NO3S/c1-13-6-8-15(9-7-13)21(18,19)11-10-20-16-5-3-2-4-14(16)12-17/h2-9H,10-11H2,1H3. The van der Waals surface area contributed by atoms with E-state index in [1.54, 1.807) is 48.5 Å². The fourth-order valence-corrected chi connectivity index (χ4v) is 2.90. The van der Waals surface area contributed by atoms with Crippen LogP contribution in [0.25, 0.3) is 0 Å². The topological polar surface area (TPSA) is 67.2 Å². The van der Waals surface area contributed by atoms with E-state index < -0.39 is 9.84 Å². The highest BCUT2D eigenvalue weighted by atomic mass is 32.2. The smallest absolute Gasteiger partial charge is 0.181 e. The Hall–Kier alpha value is -2.32. The molecule has 0 aliphatic rings. The molecule has 108 valence electrons. The fourth-order valence-electron chi connectivity index (χ4n) is 1.81. The molecule has 0 aromatic heterocycles. The predicted octanol–water partition coefficient (Wildman–Crippen LogP) is 2.72. The first-order valence-corrected chi connectivity index (χ1v) is 8.09. The van der Waals surface area contributed by atoms with Gasteiger partial charge in [-0.15, -0.1) is 0 Å². The Balaban J connectivity index is 2.03. The van der Waals surface area contributed by atoms with Crippen LogP contribution in [0.2, 0.25) is 0 Å². The van der Waals surface area contributed by atoms with Gasteiger partial charge in [-0.2, -0.15) is 5.26 Å². The zero-order chi connectivity index (χ0) is 15.3. The van der Waals surface area contributed by atoms with Gasteiger partial charge >= 0.3 is 0 Å². The lowest BCUT2D eigenvalue weighted by atomic mass is 10.2. The molecular weight excluding hydrogens is 286 g/mol. The van der Waals surface area contributed by atoms with Crippen LogP contribution in [-0.2, 0) is 9.84 Å². The number of rotatable bonds is 5. The van der Waals surface area contributed by atoms with Gasteiger partial charge in [0, 0.05) is 0 Å². The van der Waals surface area contributed by atoms with Gasteiger partial charge in [0.25, 0.3) is 0 Å². The molecule has 0 spiro atoms. The molecule has 4 nitrogen and oxygen atoms in total. The van der Waals surface area contributed by atoms with Crippen LogP contribution in [0.15, 0.2) is 53.4 Å². The molecule has 5 heteroatoms. The summed E-state index contributed by atoms with van der Waals surface area (Å²) in [6.45, 7) is 1.91. The number of nitrogens with zero attached hydrogens (tertiary/aromatic N) is 1. The summed E-state index contributed by atoms with van der Waals surface area (Å²) in [5.41, 5.74) is 1.40. The number of nitriles is 1. The van der Waals surface area contributed by atoms with Crippen molar-refractivity contribution in [3.05, 3.63) is 59.7 Å². The van der Waals surface area contributed by atoms with Crippen LogP contribution in [0, 0.1) is 18.3 Å². The number of hydrogen-bond acceptors (Lipinski definition) is 4. The molecule has 2 aromatic rings. The maximum absolute atomic E-state index is 12.1. The first kappa shape index (κ1) is 15.1. The van der Waals surface area contributed by atoms with Crippen molar-refractivity contribution in [1.82, 2.24) is 0 Å². The molecule has 0 atom stereocenters. The molecule has 2 aromatic carbocycles. The summed E-state index contributed by atoms with van der Waals surface area (Å²) in [7, 11) is -3.37. The van der Waals surface area contributed by atoms with E-state index in [9.17, 15) is 8.42 Å². The zero-order valence-corrected chi connectivity index (χ0v) is 12.4. The van der Waals surface area contributed by atoms with Gasteiger partial charge in [0.15, 0.2) is 9.84 Å². The van der Waals surface area contributed by atoms with E-state index in [1.807, 2.05) is 13.0 Å². The Morgan fingerprint density at radius 3 is 2.43 bits per heavy atom. The molecule has 0 saturated carbocycles. The largest absolute Gasteiger partial charge is 0.491 e. The van der Waals surface area contributed by atoms with Gasteiger partial charge < -0.3 is 4.74 Å². The van der Waals surface area contributed by atoms with Crippen LogP contribution >= 0.6 is 0 Å². The van der Waals surface area contributed by atoms with Gasteiger partial charge in [-0.1, -0.05) is 29.8 Å². The monoisotopic (exact) mass is 301 g/mol. The van der Waals surface area contributed by atoms with Gasteiger partial charge in [0.1, 0.15) is 18.4 Å². The summed E-state index contributed by atoms with van der Waals surface area (Å²) in [4.78, 5) is 0.283. The van der Waals surface area contributed by atoms with Crippen molar-refractivity contribution in [2.75, 3.05) is 12.4 Å². The Labute approximate surface area is 124 Å². The van der Waals surface area contributed by atoms with Gasteiger partial charge in [-0.25, -0.2) is 8.42 Å². The second-order valence-corrected chi connectivity index (χ2v) is 6.70. The van der Waals surface area contributed by atoms with E-state index in [1.165, 1.54) is 0 Å². The van der Waals surface area contributed by atoms with Crippen LogP contribution in [-0.4, -0.2) is 20.8 Å². The highest BCUT2D eigenvalue weighted by Crippen LogP contribution is 2.17. The Bertz CT molecular complexity index is 759. The second-order valence-electron chi connectivity index (χ2n) is 4.59. The molecule has 0 radical (unpaired) electrons. The summed E-state index contributed by atoms with van der Waals surface area (Å²) in [5.74, 6) is 0.273. The lowest BCUT2D eigenvalue weighted by Crippen LogP contribution is -2.14. The molecule has 0 unspecified atom stereocenters. The summed E-state index contributed by atoms with van der Waals surface area (Å²) in [6.07, 6.45) is 0. The molecule has 0 heterocycles. The normalized spacial score (nSPS) is 10.9. The van der Waals surface area contributed by atoms with Crippen LogP contribution in [0.4, 0.5) is 0 Å². The fraction of sp³-hybridized carbons (Fsp3) is 0.188. The minimum atomic E-state index is -3.37. The van der Waals surface area contributed by atoms with Crippen LogP contribution in [0.1, 0.15) is 11.1 Å². The van der Waals surface area contributed by atoms with Gasteiger partial charge in [-0.3, -0.25) is 0 Å². The average Bonchev–Trinajstić information content (AvgIpc) is 2.48. The molecule has 21 heavy (non-hydrogen) atoms. The van der Waals surface area contributed by atoms with E-state index in [2.05, 4.69) is 0 Å². The highest BCUT2D eigenvalue weighted by Gasteiger charge is 2.14. The molecule has 0 bridgehead atoms. The van der Waals surface area contributed by atoms with Crippen molar-refractivity contribution in [3.63, 3.8) is 0 Å². The second kappa shape index (κ2) is 6.42. The number of sulfone groups is 1. The zero-order valence-electron chi connectivity index (χ0n) is 11.6. The minimum Gasteiger partial charge on any atom is -0.491 e. The van der Waals surface area contributed by atoms with Crippen molar-refractivity contribution in [3.8, 4) is 11.8 Å². The molecule has 0 aliphatic carbocycles. The third kappa shape index (κ3) is 3.83. The van der Waals surface area contributed by atoms with Gasteiger partial charge in [0.05, 0.1) is 16.2 Å². The maximum Gasteiger partial charge on any atom is 0.181 e.